The van der Waals surface area contributed by atoms with E-state index in [4.69, 9.17) is 0 Å². The molecule has 1 aliphatic rings. The highest BCUT2D eigenvalue weighted by Crippen LogP contribution is 2.31. The third-order valence-electron chi connectivity index (χ3n) is 4.23. The average molecular weight is 391 g/mol. The Kier molecular flexibility index (Phi) is 5.97. The molecular weight excluding hydrogens is 372 g/mol. The van der Waals surface area contributed by atoms with Crippen molar-refractivity contribution in [2.45, 2.75) is 18.8 Å². The highest BCUT2D eigenvalue weighted by atomic mass is 35.5. The number of nitrogens with one attached hydrogen (secondary N) is 2. The van der Waals surface area contributed by atoms with Crippen molar-refractivity contribution in [3.05, 3.63) is 53.6 Å². The number of hydrogen-bond donors (Lipinski definition) is 2. The van der Waals surface area contributed by atoms with E-state index in [0.717, 1.165) is 31.6 Å². The fourth-order valence-electron chi connectivity index (χ4n) is 2.91. The van der Waals surface area contributed by atoms with E-state index in [1.54, 1.807) is 34.5 Å². The van der Waals surface area contributed by atoms with Gasteiger partial charge in [-0.25, -0.2) is 9.67 Å². The minimum atomic E-state index is -0.264. The molecule has 1 amide bonds. The maximum Gasteiger partial charge on any atom is 0.276 e. The summed E-state index contributed by atoms with van der Waals surface area (Å²) in [5, 5.41) is 11.0. The van der Waals surface area contributed by atoms with Gasteiger partial charge in [0.25, 0.3) is 5.91 Å². The fraction of sp³-hybridized carbons (Fsp3) is 0.294. The number of piperidine rings is 1. The van der Waals surface area contributed by atoms with Gasteiger partial charge in [0, 0.05) is 29.7 Å². The molecule has 136 valence electrons. The van der Waals surface area contributed by atoms with E-state index in [0.29, 0.717) is 16.7 Å². The van der Waals surface area contributed by atoms with Crippen LogP contribution in [0.25, 0.3) is 5.69 Å². The van der Waals surface area contributed by atoms with Crippen LogP contribution in [0.15, 0.2) is 43.0 Å². The number of rotatable bonds is 4. The largest absolute Gasteiger partial charge is 0.317 e. The van der Waals surface area contributed by atoms with Gasteiger partial charge in [-0.15, -0.1) is 23.7 Å². The molecule has 0 aliphatic carbocycles. The first kappa shape index (κ1) is 18.5. The van der Waals surface area contributed by atoms with Crippen LogP contribution >= 0.6 is 23.7 Å². The normalized spacial score (nSPS) is 14.6. The Labute approximate surface area is 161 Å². The first-order valence-corrected chi connectivity index (χ1v) is 9.05. The van der Waals surface area contributed by atoms with E-state index in [2.05, 4.69) is 25.7 Å². The van der Waals surface area contributed by atoms with Gasteiger partial charge in [-0.3, -0.25) is 15.1 Å². The topological polar surface area (TPSA) is 84.7 Å². The summed E-state index contributed by atoms with van der Waals surface area (Å²) in [6.45, 7) is 2.07. The van der Waals surface area contributed by atoms with Crippen LogP contribution in [-0.2, 0) is 0 Å². The summed E-state index contributed by atoms with van der Waals surface area (Å²) in [5.41, 5.74) is 1.13. The van der Waals surface area contributed by atoms with Gasteiger partial charge in [0.2, 0.25) is 0 Å². The van der Waals surface area contributed by atoms with E-state index >= 15 is 0 Å². The average Bonchev–Trinajstić information content (AvgIpc) is 3.35. The Morgan fingerprint density at radius 3 is 2.88 bits per heavy atom. The second-order valence-electron chi connectivity index (χ2n) is 5.90. The van der Waals surface area contributed by atoms with Gasteiger partial charge in [0.15, 0.2) is 5.13 Å². The highest BCUT2D eigenvalue weighted by Gasteiger charge is 2.19. The maximum atomic E-state index is 12.5. The standard InChI is InChI=1S/C17H18N6OS.ClH/c24-16(14-10-13(4-8-19-14)23-9-1-5-21-23)22-17-20-11-15(25-17)12-2-6-18-7-3-12;/h1,4-5,8-12,18H,2-3,6-7H2,(H,20,22,24);1H. The Balaban J connectivity index is 0.00000196. The van der Waals surface area contributed by atoms with Gasteiger partial charge in [-0.05, 0) is 50.0 Å². The van der Waals surface area contributed by atoms with Crippen LogP contribution in [0.4, 0.5) is 5.13 Å². The lowest BCUT2D eigenvalue weighted by Gasteiger charge is -2.20. The lowest BCUT2D eigenvalue weighted by molar-refractivity contribution is 0.102. The number of nitrogens with zero attached hydrogens (tertiary/aromatic N) is 4. The van der Waals surface area contributed by atoms with E-state index < -0.39 is 0 Å². The van der Waals surface area contributed by atoms with Crippen LogP contribution in [0.2, 0.25) is 0 Å². The van der Waals surface area contributed by atoms with Crippen molar-refractivity contribution in [2.75, 3.05) is 18.4 Å². The van der Waals surface area contributed by atoms with Gasteiger partial charge in [-0.1, -0.05) is 0 Å². The molecule has 9 heteroatoms. The molecular formula is C17H19ClN6OS. The monoisotopic (exact) mass is 390 g/mol. The molecule has 0 spiro atoms. The van der Waals surface area contributed by atoms with Crippen molar-refractivity contribution in [1.82, 2.24) is 25.1 Å². The number of thiazole rings is 1. The van der Waals surface area contributed by atoms with Crippen molar-refractivity contribution < 1.29 is 4.79 Å². The Hall–Kier alpha value is -2.29. The quantitative estimate of drug-likeness (QED) is 0.715. The molecule has 3 aromatic heterocycles. The molecule has 0 radical (unpaired) electrons. The van der Waals surface area contributed by atoms with Gasteiger partial charge in [0.1, 0.15) is 5.69 Å². The Bertz CT molecular complexity index is 860. The molecule has 3 aromatic rings. The molecule has 2 N–H and O–H groups in total. The van der Waals surface area contributed by atoms with Gasteiger partial charge in [-0.2, -0.15) is 5.10 Å². The van der Waals surface area contributed by atoms with Crippen LogP contribution in [0.5, 0.6) is 0 Å². The molecule has 1 fully saturated rings. The third-order valence-corrected chi connectivity index (χ3v) is 5.31. The van der Waals surface area contributed by atoms with E-state index in [9.17, 15) is 4.79 Å². The maximum absolute atomic E-state index is 12.5. The SMILES string of the molecule is Cl.O=C(Nc1ncc(C2CCNCC2)s1)c1cc(-n2cccn2)ccn1. The number of hydrogen-bond acceptors (Lipinski definition) is 6. The minimum absolute atomic E-state index is 0. The van der Waals surface area contributed by atoms with Crippen LogP contribution in [0.3, 0.4) is 0 Å². The second kappa shape index (κ2) is 8.39. The lowest BCUT2D eigenvalue weighted by Crippen LogP contribution is -2.26. The first-order chi connectivity index (χ1) is 12.3. The Morgan fingerprint density at radius 2 is 2.12 bits per heavy atom. The summed E-state index contributed by atoms with van der Waals surface area (Å²) in [5.74, 6) is 0.269. The highest BCUT2D eigenvalue weighted by molar-refractivity contribution is 7.15. The number of anilines is 1. The molecule has 0 saturated carbocycles. The molecule has 26 heavy (non-hydrogen) atoms. The fourth-order valence-corrected chi connectivity index (χ4v) is 3.89. The molecule has 1 saturated heterocycles. The zero-order chi connectivity index (χ0) is 17.1. The first-order valence-electron chi connectivity index (χ1n) is 8.23. The molecule has 1 aliphatic heterocycles. The molecule has 0 aromatic carbocycles. The number of halogens is 1. The molecule has 4 heterocycles. The summed E-state index contributed by atoms with van der Waals surface area (Å²) in [7, 11) is 0. The van der Waals surface area contributed by atoms with Crippen LogP contribution in [0.1, 0.15) is 34.1 Å². The van der Waals surface area contributed by atoms with Crippen LogP contribution < -0.4 is 10.6 Å². The summed E-state index contributed by atoms with van der Waals surface area (Å²) in [6, 6.07) is 5.35. The minimum Gasteiger partial charge on any atom is -0.317 e. The molecule has 0 bridgehead atoms. The van der Waals surface area contributed by atoms with Crippen LogP contribution in [-0.4, -0.2) is 38.7 Å². The molecule has 4 rings (SSSR count). The number of amides is 1. The van der Waals surface area contributed by atoms with Crippen molar-refractivity contribution in [3.8, 4) is 5.69 Å². The number of carbonyl (C=O) groups excluding carboxylic acids is 1. The van der Waals surface area contributed by atoms with Gasteiger partial charge < -0.3 is 5.32 Å². The third kappa shape index (κ3) is 4.09. The van der Waals surface area contributed by atoms with Crippen molar-refractivity contribution in [3.63, 3.8) is 0 Å². The number of aromatic nitrogens is 4. The van der Waals surface area contributed by atoms with Gasteiger partial charge >= 0.3 is 0 Å². The zero-order valence-electron chi connectivity index (χ0n) is 14.0. The number of pyridine rings is 1. The van der Waals surface area contributed by atoms with Crippen LogP contribution in [0, 0.1) is 0 Å². The summed E-state index contributed by atoms with van der Waals surface area (Å²) >= 11 is 1.55. The lowest BCUT2D eigenvalue weighted by atomic mass is 9.97. The van der Waals surface area contributed by atoms with Crippen molar-refractivity contribution in [1.29, 1.82) is 0 Å². The summed E-state index contributed by atoms with van der Waals surface area (Å²) in [6.07, 6.45) is 9.23. The van der Waals surface area contributed by atoms with Crippen molar-refractivity contribution in [2.24, 2.45) is 0 Å². The van der Waals surface area contributed by atoms with E-state index in [1.807, 2.05) is 24.5 Å². The molecule has 7 nitrogen and oxygen atoms in total. The van der Waals surface area contributed by atoms with E-state index in [1.165, 1.54) is 4.88 Å². The molecule has 0 atom stereocenters. The predicted molar refractivity (Wildman–Crippen MR) is 104 cm³/mol. The van der Waals surface area contributed by atoms with Crippen molar-refractivity contribution >= 4 is 34.8 Å². The Morgan fingerprint density at radius 1 is 1.27 bits per heavy atom. The summed E-state index contributed by atoms with van der Waals surface area (Å²) < 4.78 is 1.69. The number of carbonyl (C=O) groups is 1. The molecule has 0 unspecified atom stereocenters. The van der Waals surface area contributed by atoms with Gasteiger partial charge in [0.05, 0.1) is 5.69 Å². The smallest absolute Gasteiger partial charge is 0.276 e. The predicted octanol–water partition coefficient (Wildman–Crippen LogP) is 2.86. The summed E-state index contributed by atoms with van der Waals surface area (Å²) in [4.78, 5) is 22.2. The zero-order valence-corrected chi connectivity index (χ0v) is 15.6. The van der Waals surface area contributed by atoms with E-state index in [-0.39, 0.29) is 18.3 Å². The second-order valence-corrected chi connectivity index (χ2v) is 6.96.